The molecule has 0 aromatic heterocycles. The highest BCUT2D eigenvalue weighted by molar-refractivity contribution is 5.94. The molecule has 0 heterocycles. The summed E-state index contributed by atoms with van der Waals surface area (Å²) in [5.74, 6) is -1.42. The average molecular weight is 282 g/mol. The van der Waals surface area contributed by atoms with Crippen LogP contribution in [-0.2, 0) is 0 Å². The van der Waals surface area contributed by atoms with Crippen LogP contribution < -0.4 is 5.32 Å². The molecule has 6 nitrogen and oxygen atoms in total. The van der Waals surface area contributed by atoms with E-state index in [9.17, 15) is 24.4 Å². The Kier molecular flexibility index (Phi) is 4.29. The summed E-state index contributed by atoms with van der Waals surface area (Å²) < 4.78 is 13.2. The summed E-state index contributed by atoms with van der Waals surface area (Å²) >= 11 is 0. The van der Waals surface area contributed by atoms with Crippen molar-refractivity contribution in [1.82, 2.24) is 5.32 Å². The lowest BCUT2D eigenvalue weighted by atomic mass is 10.1. The quantitative estimate of drug-likeness (QED) is 0.648. The fourth-order valence-electron chi connectivity index (χ4n) is 2.39. The summed E-state index contributed by atoms with van der Waals surface area (Å²) in [6.07, 6.45) is 2.02. The highest BCUT2D eigenvalue weighted by Crippen LogP contribution is 2.24. The van der Waals surface area contributed by atoms with Crippen molar-refractivity contribution in [2.75, 3.05) is 6.54 Å². The number of hydrogen-bond acceptors (Lipinski definition) is 4. The predicted octanol–water partition coefficient (Wildman–Crippen LogP) is 1.62. The summed E-state index contributed by atoms with van der Waals surface area (Å²) in [4.78, 5) is 21.7. The molecular formula is C13H15FN2O4. The fraction of sp³-hybridized carbons (Fsp3) is 0.462. The van der Waals surface area contributed by atoms with Crippen LogP contribution in [0, 0.1) is 21.8 Å². The van der Waals surface area contributed by atoms with Crippen molar-refractivity contribution in [3.63, 3.8) is 0 Å². The first-order valence-corrected chi connectivity index (χ1v) is 6.38. The van der Waals surface area contributed by atoms with E-state index in [1.165, 1.54) is 0 Å². The highest BCUT2D eigenvalue weighted by Gasteiger charge is 2.25. The molecule has 1 saturated carbocycles. The molecule has 1 aromatic rings. The molecule has 1 aliphatic carbocycles. The maximum Gasteiger partial charge on any atom is 0.273 e. The van der Waals surface area contributed by atoms with E-state index < -0.39 is 28.4 Å². The molecule has 2 rings (SSSR count). The van der Waals surface area contributed by atoms with Gasteiger partial charge in [0, 0.05) is 24.1 Å². The van der Waals surface area contributed by atoms with Crippen LogP contribution in [0.1, 0.15) is 29.6 Å². The monoisotopic (exact) mass is 282 g/mol. The number of halogens is 1. The second-order valence-electron chi connectivity index (χ2n) is 4.92. The zero-order valence-electron chi connectivity index (χ0n) is 10.7. The van der Waals surface area contributed by atoms with E-state index in [-0.39, 0.29) is 18.0 Å². The number of non-ortho nitro benzene ring substituents is 1. The van der Waals surface area contributed by atoms with Gasteiger partial charge in [0.15, 0.2) is 0 Å². The van der Waals surface area contributed by atoms with Gasteiger partial charge in [0.1, 0.15) is 5.82 Å². The van der Waals surface area contributed by atoms with Gasteiger partial charge in [-0.15, -0.1) is 0 Å². The van der Waals surface area contributed by atoms with Crippen LogP contribution >= 0.6 is 0 Å². The van der Waals surface area contributed by atoms with E-state index in [0.29, 0.717) is 6.42 Å². The molecule has 2 unspecified atom stereocenters. The lowest BCUT2D eigenvalue weighted by molar-refractivity contribution is -0.385. The Labute approximate surface area is 114 Å². The third-order valence-corrected chi connectivity index (χ3v) is 3.50. The Morgan fingerprint density at radius 3 is 2.80 bits per heavy atom. The number of carbonyl (C=O) groups excluding carboxylic acids is 1. The number of rotatable bonds is 4. The van der Waals surface area contributed by atoms with Crippen LogP contribution in [0.4, 0.5) is 10.1 Å². The second kappa shape index (κ2) is 5.96. The molecule has 0 spiro atoms. The third kappa shape index (κ3) is 3.30. The maximum absolute atomic E-state index is 13.2. The maximum atomic E-state index is 13.2. The van der Waals surface area contributed by atoms with E-state index in [4.69, 9.17) is 0 Å². The van der Waals surface area contributed by atoms with Crippen LogP contribution in [0.2, 0.25) is 0 Å². The lowest BCUT2D eigenvalue weighted by Gasteiger charge is -2.15. The molecular weight excluding hydrogens is 267 g/mol. The standard InChI is InChI=1S/C13H15FN2O4/c14-10-4-9(5-11(6-10)16(19)20)13(18)15-7-8-2-1-3-12(8)17/h4-6,8,12,17H,1-3,7H2,(H,15,18). The van der Waals surface area contributed by atoms with E-state index in [1.807, 2.05) is 0 Å². The number of aliphatic hydroxyl groups excluding tert-OH is 1. The Balaban J connectivity index is 2.03. The van der Waals surface area contributed by atoms with E-state index in [0.717, 1.165) is 31.0 Å². The number of hydrogen-bond donors (Lipinski definition) is 2. The van der Waals surface area contributed by atoms with Crippen molar-refractivity contribution in [1.29, 1.82) is 0 Å². The van der Waals surface area contributed by atoms with Gasteiger partial charge in [-0.25, -0.2) is 4.39 Å². The fourth-order valence-corrected chi connectivity index (χ4v) is 2.39. The van der Waals surface area contributed by atoms with Crippen molar-refractivity contribution in [2.24, 2.45) is 5.92 Å². The number of carbonyl (C=O) groups is 1. The molecule has 1 fully saturated rings. The predicted molar refractivity (Wildman–Crippen MR) is 68.7 cm³/mol. The molecule has 0 radical (unpaired) electrons. The first kappa shape index (κ1) is 14.4. The van der Waals surface area contributed by atoms with Crippen molar-refractivity contribution in [3.05, 3.63) is 39.7 Å². The summed E-state index contributed by atoms with van der Waals surface area (Å²) in [6, 6.07) is 2.74. The smallest absolute Gasteiger partial charge is 0.273 e. The lowest BCUT2D eigenvalue weighted by Crippen LogP contribution is -2.32. The minimum Gasteiger partial charge on any atom is -0.393 e. The SMILES string of the molecule is O=C(NCC1CCCC1O)c1cc(F)cc([N+](=O)[O-])c1. The number of nitro benzene ring substituents is 1. The van der Waals surface area contributed by atoms with E-state index >= 15 is 0 Å². The molecule has 1 aliphatic rings. The van der Waals surface area contributed by atoms with Gasteiger partial charge < -0.3 is 10.4 Å². The van der Waals surface area contributed by atoms with Gasteiger partial charge in [0.05, 0.1) is 17.1 Å². The van der Waals surface area contributed by atoms with Crippen molar-refractivity contribution in [3.8, 4) is 0 Å². The minimum absolute atomic E-state index is 0.0116. The van der Waals surface area contributed by atoms with Gasteiger partial charge >= 0.3 is 0 Å². The van der Waals surface area contributed by atoms with Crippen molar-refractivity contribution >= 4 is 11.6 Å². The Hall–Kier alpha value is -2.02. The number of amides is 1. The number of nitro groups is 1. The Morgan fingerprint density at radius 1 is 1.45 bits per heavy atom. The van der Waals surface area contributed by atoms with Crippen LogP contribution in [0.5, 0.6) is 0 Å². The van der Waals surface area contributed by atoms with Crippen LogP contribution in [0.3, 0.4) is 0 Å². The number of benzene rings is 1. The molecule has 2 atom stereocenters. The molecule has 2 N–H and O–H groups in total. The third-order valence-electron chi connectivity index (χ3n) is 3.50. The molecule has 0 bridgehead atoms. The molecule has 0 aliphatic heterocycles. The van der Waals surface area contributed by atoms with Gasteiger partial charge in [0.25, 0.3) is 11.6 Å². The van der Waals surface area contributed by atoms with Gasteiger partial charge in [-0.3, -0.25) is 14.9 Å². The Morgan fingerprint density at radius 2 is 2.20 bits per heavy atom. The van der Waals surface area contributed by atoms with Gasteiger partial charge in [-0.1, -0.05) is 6.42 Å². The molecule has 20 heavy (non-hydrogen) atoms. The summed E-state index contributed by atoms with van der Waals surface area (Å²) in [6.45, 7) is 0.282. The van der Waals surface area contributed by atoms with E-state index in [1.54, 1.807) is 0 Å². The molecule has 7 heteroatoms. The minimum atomic E-state index is -0.828. The van der Waals surface area contributed by atoms with Crippen LogP contribution in [-0.4, -0.2) is 28.6 Å². The first-order valence-electron chi connectivity index (χ1n) is 6.38. The van der Waals surface area contributed by atoms with Gasteiger partial charge in [-0.2, -0.15) is 0 Å². The first-order chi connectivity index (χ1) is 9.47. The molecule has 1 aromatic carbocycles. The zero-order valence-corrected chi connectivity index (χ0v) is 10.7. The van der Waals surface area contributed by atoms with Gasteiger partial charge in [0.2, 0.25) is 0 Å². The van der Waals surface area contributed by atoms with Crippen molar-refractivity contribution in [2.45, 2.75) is 25.4 Å². The molecule has 108 valence electrons. The summed E-state index contributed by atoms with van der Waals surface area (Å²) in [5, 5.41) is 22.8. The Bertz CT molecular complexity index is 535. The number of aliphatic hydroxyl groups is 1. The topological polar surface area (TPSA) is 92.5 Å². The largest absolute Gasteiger partial charge is 0.393 e. The molecule has 0 saturated heterocycles. The summed E-state index contributed by atoms with van der Waals surface area (Å²) in [5.41, 5.74) is -0.555. The second-order valence-corrected chi connectivity index (χ2v) is 4.92. The van der Waals surface area contributed by atoms with Crippen LogP contribution in [0.15, 0.2) is 18.2 Å². The zero-order chi connectivity index (χ0) is 14.7. The highest BCUT2D eigenvalue weighted by atomic mass is 19.1. The number of nitrogens with one attached hydrogen (secondary N) is 1. The van der Waals surface area contributed by atoms with Crippen molar-refractivity contribution < 1.29 is 19.2 Å². The molecule has 1 amide bonds. The number of nitrogens with zero attached hydrogens (tertiary/aromatic N) is 1. The van der Waals surface area contributed by atoms with E-state index in [2.05, 4.69) is 5.32 Å². The summed E-state index contributed by atoms with van der Waals surface area (Å²) in [7, 11) is 0. The van der Waals surface area contributed by atoms with Gasteiger partial charge in [-0.05, 0) is 18.9 Å². The normalized spacial score (nSPS) is 21.7. The average Bonchev–Trinajstić information content (AvgIpc) is 2.80. The van der Waals surface area contributed by atoms with Crippen LogP contribution in [0.25, 0.3) is 0 Å².